The van der Waals surface area contributed by atoms with Crippen LogP contribution in [0.25, 0.3) is 0 Å². The van der Waals surface area contributed by atoms with E-state index >= 15 is 0 Å². The highest BCUT2D eigenvalue weighted by Crippen LogP contribution is 2.37. The molecule has 3 heterocycles. The van der Waals surface area contributed by atoms with Crippen molar-refractivity contribution in [2.45, 2.75) is 38.7 Å². The van der Waals surface area contributed by atoms with E-state index in [-0.39, 0.29) is 17.9 Å². The maximum Gasteiger partial charge on any atom is 0.257 e. The van der Waals surface area contributed by atoms with E-state index in [9.17, 15) is 4.79 Å². The van der Waals surface area contributed by atoms with Gasteiger partial charge in [-0.1, -0.05) is 19.1 Å². The fraction of sp³-hybridized carbons (Fsp3) is 0.360. The Kier molecular flexibility index (Phi) is 6.44. The molecule has 4 rings (SSSR count). The Labute approximate surface area is 193 Å². The Morgan fingerprint density at radius 1 is 1.21 bits per heavy atom. The number of carbonyl (C=O) groups excluding carboxylic acids is 1. The number of ether oxygens (including phenoxy) is 2. The van der Waals surface area contributed by atoms with Gasteiger partial charge in [0.2, 0.25) is 0 Å². The van der Waals surface area contributed by atoms with Crippen molar-refractivity contribution in [3.8, 4) is 11.5 Å². The molecule has 0 bridgehead atoms. The number of methoxy groups -OCH3 is 1. The molecular formula is C25H29N5O3. The summed E-state index contributed by atoms with van der Waals surface area (Å²) in [5, 5.41) is 0. The zero-order valence-electron chi connectivity index (χ0n) is 19.2. The van der Waals surface area contributed by atoms with E-state index in [0.29, 0.717) is 41.8 Å². The minimum atomic E-state index is -0.316. The predicted octanol–water partition coefficient (Wildman–Crippen LogP) is 3.54. The molecule has 1 aliphatic rings. The van der Waals surface area contributed by atoms with Crippen LogP contribution >= 0.6 is 0 Å². The lowest BCUT2D eigenvalue weighted by Gasteiger charge is -2.40. The van der Waals surface area contributed by atoms with Gasteiger partial charge in [0.05, 0.1) is 24.1 Å². The smallest absolute Gasteiger partial charge is 0.257 e. The summed E-state index contributed by atoms with van der Waals surface area (Å²) < 4.78 is 11.6. The number of aromatic nitrogens is 3. The summed E-state index contributed by atoms with van der Waals surface area (Å²) in [6.45, 7) is 5.37. The van der Waals surface area contributed by atoms with Crippen LogP contribution in [0.2, 0.25) is 0 Å². The summed E-state index contributed by atoms with van der Waals surface area (Å²) in [5.41, 5.74) is 7.76. The van der Waals surface area contributed by atoms with Crippen LogP contribution < -0.4 is 15.2 Å². The van der Waals surface area contributed by atoms with Crippen LogP contribution in [0.4, 0.5) is 5.82 Å². The number of anilines is 1. The van der Waals surface area contributed by atoms with Crippen molar-refractivity contribution in [2.75, 3.05) is 25.9 Å². The van der Waals surface area contributed by atoms with Gasteiger partial charge in [-0.05, 0) is 44.0 Å². The summed E-state index contributed by atoms with van der Waals surface area (Å²) in [5.74, 6) is 1.91. The van der Waals surface area contributed by atoms with Gasteiger partial charge >= 0.3 is 0 Å². The van der Waals surface area contributed by atoms with Crippen LogP contribution in [0.5, 0.6) is 11.5 Å². The second kappa shape index (κ2) is 9.44. The maximum atomic E-state index is 13.7. The monoisotopic (exact) mass is 447 g/mol. The van der Waals surface area contributed by atoms with Gasteiger partial charge in [-0.3, -0.25) is 9.78 Å². The molecule has 0 saturated carbocycles. The van der Waals surface area contributed by atoms with Gasteiger partial charge in [-0.15, -0.1) is 0 Å². The molecule has 0 unspecified atom stereocenters. The van der Waals surface area contributed by atoms with Crippen molar-refractivity contribution in [1.82, 2.24) is 19.9 Å². The molecule has 1 fully saturated rings. The van der Waals surface area contributed by atoms with Gasteiger partial charge in [0, 0.05) is 30.8 Å². The predicted molar refractivity (Wildman–Crippen MR) is 125 cm³/mol. The molecule has 0 spiro atoms. The third-order valence-electron chi connectivity index (χ3n) is 5.98. The molecule has 8 nitrogen and oxygen atoms in total. The van der Waals surface area contributed by atoms with Crippen LogP contribution in [0.3, 0.4) is 0 Å². The molecule has 2 N–H and O–H groups in total. The van der Waals surface area contributed by atoms with Gasteiger partial charge < -0.3 is 20.1 Å². The van der Waals surface area contributed by atoms with E-state index in [2.05, 4.69) is 21.9 Å². The molecule has 1 aliphatic heterocycles. The normalized spacial score (nSPS) is 18.1. The number of hydrogen-bond donors (Lipinski definition) is 1. The number of nitrogens with zero attached hydrogens (tertiary/aromatic N) is 4. The van der Waals surface area contributed by atoms with Crippen LogP contribution in [0.15, 0.2) is 48.7 Å². The van der Waals surface area contributed by atoms with Crippen molar-refractivity contribution in [3.05, 3.63) is 71.4 Å². The van der Waals surface area contributed by atoms with E-state index in [1.807, 2.05) is 36.1 Å². The standard InChI is InChI=1S/C25H29N5O3/c1-17-28-21(14-22(26)29-17)25(2)11-7-13-30(16-25)24(31)19-9-6-10-20(32-3)23(19)33-15-18-8-4-5-12-27-18/h4-6,8-10,12,14H,7,11,13,15-16H2,1-3H3,(H2,26,28,29)/t25-/m0/s1. The number of para-hydroxylation sites is 1. The largest absolute Gasteiger partial charge is 0.493 e. The summed E-state index contributed by atoms with van der Waals surface area (Å²) >= 11 is 0. The number of likely N-dealkylation sites (tertiary alicyclic amines) is 1. The molecular weight excluding hydrogens is 418 g/mol. The van der Waals surface area contributed by atoms with E-state index in [1.54, 1.807) is 31.5 Å². The number of rotatable bonds is 6. The Morgan fingerprint density at radius 3 is 2.79 bits per heavy atom. The number of nitrogens with two attached hydrogens (primary N) is 1. The fourth-order valence-corrected chi connectivity index (χ4v) is 4.32. The lowest BCUT2D eigenvalue weighted by atomic mass is 9.78. The summed E-state index contributed by atoms with van der Waals surface area (Å²) in [6.07, 6.45) is 3.48. The molecule has 2 aromatic heterocycles. The minimum Gasteiger partial charge on any atom is -0.493 e. The van der Waals surface area contributed by atoms with Crippen molar-refractivity contribution >= 4 is 11.7 Å². The fourth-order valence-electron chi connectivity index (χ4n) is 4.32. The number of aryl methyl sites for hydroxylation is 1. The van der Waals surface area contributed by atoms with E-state index in [4.69, 9.17) is 15.2 Å². The number of nitrogen functional groups attached to an aromatic ring is 1. The highest BCUT2D eigenvalue weighted by molar-refractivity contribution is 5.98. The Morgan fingerprint density at radius 2 is 2.06 bits per heavy atom. The zero-order chi connectivity index (χ0) is 23.4. The first-order chi connectivity index (χ1) is 15.9. The molecule has 0 radical (unpaired) electrons. The summed E-state index contributed by atoms with van der Waals surface area (Å²) in [6, 6.07) is 12.8. The zero-order valence-corrected chi connectivity index (χ0v) is 19.2. The average molecular weight is 448 g/mol. The first kappa shape index (κ1) is 22.5. The van der Waals surface area contributed by atoms with Gasteiger partial charge in [-0.25, -0.2) is 9.97 Å². The van der Waals surface area contributed by atoms with E-state index in [1.165, 1.54) is 0 Å². The molecule has 8 heteroatoms. The number of pyridine rings is 1. The molecule has 1 atom stereocenters. The third-order valence-corrected chi connectivity index (χ3v) is 5.98. The highest BCUT2D eigenvalue weighted by Gasteiger charge is 2.37. The Balaban J connectivity index is 1.60. The van der Waals surface area contributed by atoms with E-state index in [0.717, 1.165) is 24.2 Å². The van der Waals surface area contributed by atoms with Crippen LogP contribution in [-0.4, -0.2) is 46.0 Å². The summed E-state index contributed by atoms with van der Waals surface area (Å²) in [7, 11) is 1.57. The van der Waals surface area contributed by atoms with Crippen LogP contribution in [0, 0.1) is 6.92 Å². The van der Waals surface area contributed by atoms with Gasteiger partial charge in [0.15, 0.2) is 11.5 Å². The van der Waals surface area contributed by atoms with Gasteiger partial charge in [0.1, 0.15) is 18.2 Å². The van der Waals surface area contributed by atoms with Gasteiger partial charge in [-0.2, -0.15) is 0 Å². The molecule has 0 aliphatic carbocycles. The maximum absolute atomic E-state index is 13.7. The van der Waals surface area contributed by atoms with Crippen molar-refractivity contribution in [1.29, 1.82) is 0 Å². The van der Waals surface area contributed by atoms with Crippen molar-refractivity contribution < 1.29 is 14.3 Å². The topological polar surface area (TPSA) is 103 Å². The first-order valence-electron chi connectivity index (χ1n) is 11.0. The average Bonchev–Trinajstić information content (AvgIpc) is 2.82. The third kappa shape index (κ3) is 4.89. The van der Waals surface area contributed by atoms with Crippen molar-refractivity contribution in [3.63, 3.8) is 0 Å². The minimum absolute atomic E-state index is 0.102. The Bertz CT molecular complexity index is 1120. The van der Waals surface area contributed by atoms with Crippen LogP contribution in [0.1, 0.15) is 47.3 Å². The van der Waals surface area contributed by atoms with E-state index < -0.39 is 0 Å². The number of hydrogen-bond acceptors (Lipinski definition) is 7. The molecule has 33 heavy (non-hydrogen) atoms. The number of carbonyl (C=O) groups is 1. The lowest BCUT2D eigenvalue weighted by molar-refractivity contribution is 0.0642. The Hall–Kier alpha value is -3.68. The summed E-state index contributed by atoms with van der Waals surface area (Å²) in [4.78, 5) is 28.6. The molecule has 1 aromatic carbocycles. The number of piperidine rings is 1. The second-order valence-electron chi connectivity index (χ2n) is 8.56. The quantitative estimate of drug-likeness (QED) is 0.616. The lowest BCUT2D eigenvalue weighted by Crippen LogP contribution is -2.47. The number of benzene rings is 1. The first-order valence-corrected chi connectivity index (χ1v) is 11.0. The molecule has 3 aromatic rings. The number of amides is 1. The van der Waals surface area contributed by atoms with Crippen molar-refractivity contribution in [2.24, 2.45) is 0 Å². The SMILES string of the molecule is COc1cccc(C(=O)N2CCC[C@](C)(c3cc(N)nc(C)n3)C2)c1OCc1ccccn1. The second-order valence-corrected chi connectivity index (χ2v) is 8.56. The van der Waals surface area contributed by atoms with Crippen LogP contribution in [-0.2, 0) is 12.0 Å². The molecule has 1 saturated heterocycles. The molecule has 1 amide bonds. The van der Waals surface area contributed by atoms with Gasteiger partial charge in [0.25, 0.3) is 5.91 Å². The molecule has 172 valence electrons. The highest BCUT2D eigenvalue weighted by atomic mass is 16.5.